The molecule has 0 saturated carbocycles. The predicted molar refractivity (Wildman–Crippen MR) is 60.0 cm³/mol. The molecule has 0 spiro atoms. The van der Waals surface area contributed by atoms with Crippen LogP contribution in [0.3, 0.4) is 0 Å². The lowest BCUT2D eigenvalue weighted by molar-refractivity contribution is -0.101. The Morgan fingerprint density at radius 3 is 2.75 bits per heavy atom. The van der Waals surface area contributed by atoms with E-state index >= 15 is 0 Å². The summed E-state index contributed by atoms with van der Waals surface area (Å²) in [5.74, 6) is 0. The third-order valence-corrected chi connectivity index (χ3v) is 3.60. The van der Waals surface area contributed by atoms with Gasteiger partial charge in [-0.05, 0) is 6.42 Å². The highest BCUT2D eigenvalue weighted by atomic mass is 16.3. The van der Waals surface area contributed by atoms with Crippen molar-refractivity contribution in [3.8, 4) is 0 Å². The highest BCUT2D eigenvalue weighted by Gasteiger charge is 2.47. The van der Waals surface area contributed by atoms with Gasteiger partial charge in [0.1, 0.15) is 0 Å². The Hall–Kier alpha value is -0.460. The summed E-state index contributed by atoms with van der Waals surface area (Å²) in [7, 11) is 0. The summed E-state index contributed by atoms with van der Waals surface area (Å²) in [5.41, 5.74) is 0. The van der Waals surface area contributed by atoms with Crippen molar-refractivity contribution in [1.29, 1.82) is 0 Å². The standard InChI is InChI=1S/C11H20N2O3/c1-2-4-12-7-6-13-5-3-8(14)9(13)11(16)10(7)15/h2,7-12,14-16H,1,3-6H2/t7?,8?,9-,10?,11-/m1/s1. The Kier molecular flexibility index (Phi) is 3.61. The summed E-state index contributed by atoms with van der Waals surface area (Å²) in [6, 6.07) is -0.466. The molecule has 5 nitrogen and oxygen atoms in total. The van der Waals surface area contributed by atoms with Gasteiger partial charge in [0.05, 0.1) is 24.4 Å². The van der Waals surface area contributed by atoms with Gasteiger partial charge in [0.15, 0.2) is 0 Å². The Morgan fingerprint density at radius 1 is 1.31 bits per heavy atom. The van der Waals surface area contributed by atoms with Crippen LogP contribution in [0.2, 0.25) is 0 Å². The minimum atomic E-state index is -0.881. The van der Waals surface area contributed by atoms with Gasteiger partial charge in [-0.1, -0.05) is 6.08 Å². The first kappa shape index (κ1) is 12.0. The van der Waals surface area contributed by atoms with E-state index in [2.05, 4.69) is 11.9 Å². The number of nitrogens with one attached hydrogen (secondary N) is 1. The van der Waals surface area contributed by atoms with Crippen LogP contribution in [0, 0.1) is 0 Å². The first-order valence-corrected chi connectivity index (χ1v) is 5.77. The number of aliphatic hydroxyl groups is 3. The van der Waals surface area contributed by atoms with Gasteiger partial charge in [-0.25, -0.2) is 0 Å². The van der Waals surface area contributed by atoms with Gasteiger partial charge in [-0.3, -0.25) is 4.90 Å². The zero-order valence-corrected chi connectivity index (χ0v) is 9.29. The maximum Gasteiger partial charge on any atom is 0.0994 e. The van der Waals surface area contributed by atoms with Crippen LogP contribution in [0.1, 0.15) is 6.42 Å². The molecule has 92 valence electrons. The molecule has 5 heteroatoms. The van der Waals surface area contributed by atoms with Crippen LogP contribution < -0.4 is 5.32 Å². The molecule has 4 N–H and O–H groups in total. The molecular weight excluding hydrogens is 208 g/mol. The number of hydrogen-bond acceptors (Lipinski definition) is 5. The molecule has 2 saturated heterocycles. The molecule has 5 atom stereocenters. The minimum absolute atomic E-state index is 0.158. The van der Waals surface area contributed by atoms with Crippen molar-refractivity contribution in [2.75, 3.05) is 19.6 Å². The fraction of sp³-hybridized carbons (Fsp3) is 0.818. The normalized spacial score (nSPS) is 44.3. The van der Waals surface area contributed by atoms with Gasteiger partial charge in [-0.15, -0.1) is 6.58 Å². The largest absolute Gasteiger partial charge is 0.391 e. The van der Waals surface area contributed by atoms with E-state index in [-0.39, 0.29) is 12.1 Å². The van der Waals surface area contributed by atoms with Crippen molar-refractivity contribution in [2.45, 2.75) is 36.8 Å². The lowest BCUT2D eigenvalue weighted by Crippen LogP contribution is -2.65. The number of aliphatic hydroxyl groups excluding tert-OH is 3. The van der Waals surface area contributed by atoms with Crippen LogP contribution in [0.15, 0.2) is 12.7 Å². The zero-order valence-electron chi connectivity index (χ0n) is 9.29. The smallest absolute Gasteiger partial charge is 0.0994 e. The van der Waals surface area contributed by atoms with Crippen LogP contribution in [0.25, 0.3) is 0 Å². The summed E-state index contributed by atoms with van der Waals surface area (Å²) in [6.45, 7) is 5.65. The van der Waals surface area contributed by atoms with E-state index in [0.29, 0.717) is 19.5 Å². The summed E-state index contributed by atoms with van der Waals surface area (Å²) in [6.07, 6.45) is 0.166. The van der Waals surface area contributed by atoms with Crippen molar-refractivity contribution < 1.29 is 15.3 Å². The lowest BCUT2D eigenvalue weighted by atomic mass is 9.91. The Morgan fingerprint density at radius 2 is 2.06 bits per heavy atom. The summed E-state index contributed by atoms with van der Waals surface area (Å²) in [4.78, 5) is 2.04. The summed E-state index contributed by atoms with van der Waals surface area (Å²) >= 11 is 0. The number of piperidine rings is 1. The maximum atomic E-state index is 9.97. The van der Waals surface area contributed by atoms with Crippen LogP contribution in [0.4, 0.5) is 0 Å². The van der Waals surface area contributed by atoms with Gasteiger partial charge in [0, 0.05) is 25.7 Å². The second-order valence-electron chi connectivity index (χ2n) is 4.63. The van der Waals surface area contributed by atoms with Crippen molar-refractivity contribution in [2.24, 2.45) is 0 Å². The van der Waals surface area contributed by atoms with E-state index in [0.717, 1.165) is 6.54 Å². The predicted octanol–water partition coefficient (Wildman–Crippen LogP) is -1.70. The molecule has 0 aromatic carbocycles. The molecule has 2 aliphatic heterocycles. The van der Waals surface area contributed by atoms with E-state index in [4.69, 9.17) is 0 Å². The first-order chi connectivity index (χ1) is 7.65. The third-order valence-electron chi connectivity index (χ3n) is 3.60. The molecule has 0 aromatic rings. The van der Waals surface area contributed by atoms with Crippen LogP contribution >= 0.6 is 0 Å². The molecule has 2 heterocycles. The molecule has 3 unspecified atom stereocenters. The zero-order chi connectivity index (χ0) is 11.7. The second kappa shape index (κ2) is 4.81. The molecule has 0 bridgehead atoms. The average Bonchev–Trinajstić information content (AvgIpc) is 2.63. The quantitative estimate of drug-likeness (QED) is 0.433. The molecule has 16 heavy (non-hydrogen) atoms. The van der Waals surface area contributed by atoms with Crippen LogP contribution in [0.5, 0.6) is 0 Å². The molecule has 0 aromatic heterocycles. The Labute approximate surface area is 95.4 Å². The van der Waals surface area contributed by atoms with Crippen LogP contribution in [-0.2, 0) is 0 Å². The minimum Gasteiger partial charge on any atom is -0.391 e. The van der Waals surface area contributed by atoms with E-state index in [1.807, 2.05) is 4.90 Å². The molecular formula is C11H20N2O3. The fourth-order valence-corrected chi connectivity index (χ4v) is 2.74. The molecule has 0 amide bonds. The maximum absolute atomic E-state index is 9.97. The van der Waals surface area contributed by atoms with Gasteiger partial charge < -0.3 is 20.6 Å². The highest BCUT2D eigenvalue weighted by Crippen LogP contribution is 2.28. The number of nitrogens with zero attached hydrogens (tertiary/aromatic N) is 1. The number of rotatable bonds is 3. The topological polar surface area (TPSA) is 76.0 Å². The molecule has 2 fully saturated rings. The first-order valence-electron chi connectivity index (χ1n) is 5.77. The van der Waals surface area contributed by atoms with Gasteiger partial charge in [-0.2, -0.15) is 0 Å². The third kappa shape index (κ3) is 2.01. The molecule has 0 radical (unpaired) electrons. The summed E-state index contributed by atoms with van der Waals surface area (Å²) in [5, 5.41) is 32.8. The molecule has 2 rings (SSSR count). The van der Waals surface area contributed by atoms with Crippen molar-refractivity contribution in [3.63, 3.8) is 0 Å². The fourth-order valence-electron chi connectivity index (χ4n) is 2.74. The van der Waals surface area contributed by atoms with E-state index in [1.165, 1.54) is 0 Å². The van der Waals surface area contributed by atoms with Gasteiger partial charge >= 0.3 is 0 Å². The van der Waals surface area contributed by atoms with Crippen molar-refractivity contribution in [1.82, 2.24) is 10.2 Å². The number of hydrogen-bond donors (Lipinski definition) is 4. The molecule has 2 aliphatic rings. The van der Waals surface area contributed by atoms with Crippen molar-refractivity contribution >= 4 is 0 Å². The van der Waals surface area contributed by atoms with Gasteiger partial charge in [0.2, 0.25) is 0 Å². The number of fused-ring (bicyclic) bond motifs is 1. The Balaban J connectivity index is 2.03. The van der Waals surface area contributed by atoms with Crippen LogP contribution in [-0.4, -0.2) is 70.2 Å². The Bertz CT molecular complexity index is 262. The second-order valence-corrected chi connectivity index (χ2v) is 4.63. The summed E-state index contributed by atoms with van der Waals surface area (Å²) < 4.78 is 0. The van der Waals surface area contributed by atoms with E-state index < -0.39 is 18.3 Å². The van der Waals surface area contributed by atoms with Crippen molar-refractivity contribution in [3.05, 3.63) is 12.7 Å². The van der Waals surface area contributed by atoms with E-state index in [1.54, 1.807) is 6.08 Å². The average molecular weight is 228 g/mol. The van der Waals surface area contributed by atoms with E-state index in [9.17, 15) is 15.3 Å². The molecule has 0 aliphatic carbocycles. The monoisotopic (exact) mass is 228 g/mol. The SMILES string of the molecule is C=CCNC1CN2CCC(O)[C@@H]2[C@@H](O)C1O. The van der Waals surface area contributed by atoms with Gasteiger partial charge in [0.25, 0.3) is 0 Å². The highest BCUT2D eigenvalue weighted by molar-refractivity contribution is 5.03. The lowest BCUT2D eigenvalue weighted by Gasteiger charge is -2.43.